The van der Waals surface area contributed by atoms with E-state index in [0.717, 1.165) is 17.1 Å². The van der Waals surface area contributed by atoms with E-state index in [0.29, 0.717) is 43.5 Å². The van der Waals surface area contributed by atoms with Gasteiger partial charge in [0.05, 0.1) is 24.8 Å². The topological polar surface area (TPSA) is 84.9 Å². The quantitative estimate of drug-likeness (QED) is 0.566. The Labute approximate surface area is 188 Å². The average Bonchev–Trinajstić information content (AvgIpc) is 2.83. The summed E-state index contributed by atoms with van der Waals surface area (Å²) in [5.41, 5.74) is 1.88. The third kappa shape index (κ3) is 4.39. The lowest BCUT2D eigenvalue weighted by atomic mass is 10.1. The van der Waals surface area contributed by atoms with Crippen molar-refractivity contribution in [1.29, 1.82) is 0 Å². The van der Waals surface area contributed by atoms with Crippen molar-refractivity contribution in [2.75, 3.05) is 45.3 Å². The molecule has 1 fully saturated rings. The van der Waals surface area contributed by atoms with E-state index in [2.05, 4.69) is 14.9 Å². The van der Waals surface area contributed by atoms with Crippen molar-refractivity contribution in [1.82, 2.24) is 14.3 Å². The van der Waals surface area contributed by atoms with Crippen LogP contribution in [0.25, 0.3) is 11.3 Å². The summed E-state index contributed by atoms with van der Waals surface area (Å²) in [7, 11) is -0.642. The fourth-order valence-electron chi connectivity index (χ4n) is 3.75. The molecule has 1 aromatic heterocycles. The second kappa shape index (κ2) is 9.13. The zero-order valence-electron chi connectivity index (χ0n) is 18.4. The summed E-state index contributed by atoms with van der Waals surface area (Å²) in [6.45, 7) is 3.67. The molecule has 0 atom stereocenters. The van der Waals surface area contributed by atoms with Crippen LogP contribution >= 0.6 is 0 Å². The van der Waals surface area contributed by atoms with Gasteiger partial charge in [-0.15, -0.1) is 0 Å². The second-order valence-corrected chi connectivity index (χ2v) is 9.37. The largest absolute Gasteiger partial charge is 0.493 e. The van der Waals surface area contributed by atoms with Gasteiger partial charge >= 0.3 is 0 Å². The number of benzene rings is 2. The summed E-state index contributed by atoms with van der Waals surface area (Å²) in [4.78, 5) is 11.4. The highest BCUT2D eigenvalue weighted by atomic mass is 32.2. The van der Waals surface area contributed by atoms with Crippen molar-refractivity contribution in [2.24, 2.45) is 0 Å². The summed E-state index contributed by atoms with van der Waals surface area (Å²) in [6, 6.07) is 16.6. The van der Waals surface area contributed by atoms with Gasteiger partial charge in [0.25, 0.3) is 0 Å². The molecular weight excluding hydrogens is 428 g/mol. The van der Waals surface area contributed by atoms with Gasteiger partial charge in [0.15, 0.2) is 11.5 Å². The Balaban J connectivity index is 1.52. The van der Waals surface area contributed by atoms with Crippen LogP contribution in [0, 0.1) is 6.92 Å². The van der Waals surface area contributed by atoms with E-state index in [9.17, 15) is 8.42 Å². The number of nitrogens with zero attached hydrogens (tertiary/aromatic N) is 4. The molecule has 2 aromatic carbocycles. The van der Waals surface area contributed by atoms with Crippen LogP contribution in [-0.4, -0.2) is 63.1 Å². The molecule has 0 spiro atoms. The first kappa shape index (κ1) is 22.0. The molecule has 1 saturated heterocycles. The Morgan fingerprint density at radius 2 is 1.53 bits per heavy atom. The van der Waals surface area contributed by atoms with Gasteiger partial charge < -0.3 is 14.4 Å². The van der Waals surface area contributed by atoms with E-state index < -0.39 is 10.0 Å². The fraction of sp³-hybridized carbons (Fsp3) is 0.304. The molecule has 1 aliphatic heterocycles. The Hall–Kier alpha value is -3.17. The number of aromatic nitrogens is 2. The van der Waals surface area contributed by atoms with Gasteiger partial charge in [-0.05, 0) is 19.1 Å². The van der Waals surface area contributed by atoms with Crippen LogP contribution in [-0.2, 0) is 10.0 Å². The highest BCUT2D eigenvalue weighted by molar-refractivity contribution is 7.89. The second-order valence-electron chi connectivity index (χ2n) is 7.43. The fourth-order valence-corrected chi connectivity index (χ4v) is 5.19. The lowest BCUT2D eigenvalue weighted by Gasteiger charge is -2.35. The number of hydrogen-bond acceptors (Lipinski definition) is 7. The summed E-state index contributed by atoms with van der Waals surface area (Å²) in [5.74, 6) is 2.36. The third-order valence-corrected chi connectivity index (χ3v) is 7.34. The molecule has 4 rings (SSSR count). The summed E-state index contributed by atoms with van der Waals surface area (Å²) >= 11 is 0. The molecule has 0 amide bonds. The minimum Gasteiger partial charge on any atom is -0.493 e. The molecule has 0 radical (unpaired) electrons. The van der Waals surface area contributed by atoms with Crippen molar-refractivity contribution in [3.8, 4) is 22.8 Å². The molecule has 0 bridgehead atoms. The standard InChI is InChI=1S/C23H26N4O4S/c1-17-24-20(18-7-5-4-6-8-18)16-23(25-17)26-11-13-27(14-12-26)32(28,29)19-9-10-21(30-2)22(15-19)31-3/h4-10,15-16H,11-14H2,1-3H3. The Kier molecular flexibility index (Phi) is 6.29. The van der Waals surface area contributed by atoms with E-state index >= 15 is 0 Å². The molecule has 168 valence electrons. The molecular formula is C23H26N4O4S. The van der Waals surface area contributed by atoms with Crippen LogP contribution in [0.15, 0.2) is 59.5 Å². The van der Waals surface area contributed by atoms with Gasteiger partial charge in [-0.1, -0.05) is 30.3 Å². The lowest BCUT2D eigenvalue weighted by molar-refractivity contribution is 0.353. The van der Waals surface area contributed by atoms with Crippen LogP contribution in [0.3, 0.4) is 0 Å². The molecule has 0 N–H and O–H groups in total. The number of piperazine rings is 1. The maximum absolute atomic E-state index is 13.2. The van der Waals surface area contributed by atoms with Crippen LogP contribution in [0.2, 0.25) is 0 Å². The predicted molar refractivity (Wildman–Crippen MR) is 123 cm³/mol. The number of methoxy groups -OCH3 is 2. The van der Waals surface area contributed by atoms with Crippen LogP contribution in [0.4, 0.5) is 5.82 Å². The minimum atomic E-state index is -3.65. The van der Waals surface area contributed by atoms with Crippen molar-refractivity contribution in [3.05, 3.63) is 60.4 Å². The van der Waals surface area contributed by atoms with Gasteiger partial charge in [0.2, 0.25) is 10.0 Å². The highest BCUT2D eigenvalue weighted by Crippen LogP contribution is 2.31. The van der Waals surface area contributed by atoms with E-state index in [4.69, 9.17) is 9.47 Å². The highest BCUT2D eigenvalue weighted by Gasteiger charge is 2.30. The number of anilines is 1. The Morgan fingerprint density at radius 1 is 0.844 bits per heavy atom. The SMILES string of the molecule is COc1ccc(S(=O)(=O)N2CCN(c3cc(-c4ccccc4)nc(C)n3)CC2)cc1OC. The lowest BCUT2D eigenvalue weighted by Crippen LogP contribution is -2.49. The van der Waals surface area contributed by atoms with Gasteiger partial charge in [-0.3, -0.25) is 0 Å². The molecule has 3 aromatic rings. The minimum absolute atomic E-state index is 0.188. The number of hydrogen-bond donors (Lipinski definition) is 0. The summed E-state index contributed by atoms with van der Waals surface area (Å²) in [6.07, 6.45) is 0. The van der Waals surface area contributed by atoms with Gasteiger partial charge in [0, 0.05) is 43.9 Å². The molecule has 2 heterocycles. The summed E-state index contributed by atoms with van der Waals surface area (Å²) < 4.78 is 38.3. The van der Waals surface area contributed by atoms with E-state index in [1.54, 1.807) is 12.1 Å². The number of rotatable bonds is 6. The monoisotopic (exact) mass is 454 g/mol. The van der Waals surface area contributed by atoms with Crippen LogP contribution in [0.5, 0.6) is 11.5 Å². The van der Waals surface area contributed by atoms with Gasteiger partial charge in [-0.25, -0.2) is 18.4 Å². The van der Waals surface area contributed by atoms with Gasteiger partial charge in [-0.2, -0.15) is 4.31 Å². The van der Waals surface area contributed by atoms with Crippen molar-refractivity contribution in [2.45, 2.75) is 11.8 Å². The predicted octanol–water partition coefficient (Wildman–Crippen LogP) is 2.98. The first-order chi connectivity index (χ1) is 15.4. The maximum Gasteiger partial charge on any atom is 0.243 e. The third-order valence-electron chi connectivity index (χ3n) is 5.45. The summed E-state index contributed by atoms with van der Waals surface area (Å²) in [5, 5.41) is 0. The number of ether oxygens (including phenoxy) is 2. The number of aryl methyl sites for hydroxylation is 1. The Bertz CT molecular complexity index is 1190. The average molecular weight is 455 g/mol. The van der Waals surface area contributed by atoms with Crippen molar-refractivity contribution in [3.63, 3.8) is 0 Å². The first-order valence-corrected chi connectivity index (χ1v) is 11.7. The van der Waals surface area contributed by atoms with E-state index in [1.165, 1.54) is 24.6 Å². The number of sulfonamides is 1. The zero-order valence-corrected chi connectivity index (χ0v) is 19.2. The Morgan fingerprint density at radius 3 is 2.19 bits per heavy atom. The molecule has 0 saturated carbocycles. The van der Waals surface area contributed by atoms with Crippen LogP contribution in [0.1, 0.15) is 5.82 Å². The van der Waals surface area contributed by atoms with Gasteiger partial charge in [0.1, 0.15) is 11.6 Å². The normalized spacial score (nSPS) is 14.9. The van der Waals surface area contributed by atoms with Crippen molar-refractivity contribution >= 4 is 15.8 Å². The molecule has 32 heavy (non-hydrogen) atoms. The van der Waals surface area contributed by atoms with Crippen molar-refractivity contribution < 1.29 is 17.9 Å². The zero-order chi connectivity index (χ0) is 22.7. The molecule has 0 unspecified atom stereocenters. The van der Waals surface area contributed by atoms with E-state index in [-0.39, 0.29) is 4.90 Å². The molecule has 1 aliphatic rings. The first-order valence-electron chi connectivity index (χ1n) is 10.3. The van der Waals surface area contributed by atoms with E-state index in [1.807, 2.05) is 43.3 Å². The molecule has 8 nitrogen and oxygen atoms in total. The maximum atomic E-state index is 13.2. The molecule has 9 heteroatoms. The molecule has 0 aliphatic carbocycles. The van der Waals surface area contributed by atoms with Crippen LogP contribution < -0.4 is 14.4 Å². The smallest absolute Gasteiger partial charge is 0.243 e.